The second kappa shape index (κ2) is 5.14. The van der Waals surface area contributed by atoms with Gasteiger partial charge in [0.05, 0.1) is 6.04 Å². The molecule has 1 atom stereocenters. The van der Waals surface area contributed by atoms with Crippen LogP contribution in [0.4, 0.5) is 0 Å². The zero-order valence-corrected chi connectivity index (χ0v) is 7.73. The molecule has 0 saturated carbocycles. The normalized spacial score (nSPS) is 22.6. The van der Waals surface area contributed by atoms with Crippen LogP contribution in [0.25, 0.3) is 0 Å². The summed E-state index contributed by atoms with van der Waals surface area (Å²) in [7, 11) is 0. The van der Waals surface area contributed by atoms with Gasteiger partial charge in [-0.15, -0.1) is 0 Å². The fourth-order valence-corrected chi connectivity index (χ4v) is 1.42. The minimum atomic E-state index is 0.0851. The van der Waals surface area contributed by atoms with E-state index in [1.807, 2.05) is 0 Å². The van der Waals surface area contributed by atoms with Crippen molar-refractivity contribution in [1.82, 2.24) is 10.6 Å². The highest BCUT2D eigenvalue weighted by atomic mass is 16.2. The molecule has 0 spiro atoms. The number of carbonyl (C=O) groups excluding carboxylic acids is 1. The molecule has 0 aliphatic carbocycles. The maximum atomic E-state index is 11.3. The van der Waals surface area contributed by atoms with Crippen LogP contribution in [0.3, 0.4) is 0 Å². The molecule has 0 aromatic rings. The van der Waals surface area contributed by atoms with Gasteiger partial charge in [0.15, 0.2) is 0 Å². The predicted molar refractivity (Wildman–Crippen MR) is 48.9 cm³/mol. The van der Waals surface area contributed by atoms with E-state index in [4.69, 9.17) is 0 Å². The number of unbranched alkanes of at least 4 members (excludes halogenated alkanes) is 1. The van der Waals surface area contributed by atoms with E-state index in [-0.39, 0.29) is 11.9 Å². The Bertz CT molecular complexity index is 141. The van der Waals surface area contributed by atoms with Crippen molar-refractivity contribution in [3.8, 4) is 0 Å². The molecule has 12 heavy (non-hydrogen) atoms. The van der Waals surface area contributed by atoms with E-state index >= 15 is 0 Å². The maximum absolute atomic E-state index is 11.3. The molecular weight excluding hydrogens is 152 g/mol. The quantitative estimate of drug-likeness (QED) is 0.608. The van der Waals surface area contributed by atoms with Crippen LogP contribution in [0.15, 0.2) is 0 Å². The number of hydrogen-bond donors (Lipinski definition) is 2. The molecule has 0 aromatic carbocycles. The number of nitrogens with one attached hydrogen (secondary N) is 2. The average Bonchev–Trinajstić information content (AvgIpc) is 2.56. The van der Waals surface area contributed by atoms with Gasteiger partial charge >= 0.3 is 0 Å². The Morgan fingerprint density at radius 3 is 3.08 bits per heavy atom. The smallest absolute Gasteiger partial charge is 0.237 e. The Hall–Kier alpha value is -0.570. The summed E-state index contributed by atoms with van der Waals surface area (Å²) in [5.74, 6) is 0.181. The molecule has 1 aliphatic rings. The lowest BCUT2D eigenvalue weighted by Crippen LogP contribution is -2.40. The summed E-state index contributed by atoms with van der Waals surface area (Å²) in [6.07, 6.45) is 4.35. The zero-order chi connectivity index (χ0) is 8.81. The monoisotopic (exact) mass is 170 g/mol. The van der Waals surface area contributed by atoms with Crippen LogP contribution in [0.2, 0.25) is 0 Å². The van der Waals surface area contributed by atoms with Crippen LogP contribution in [-0.2, 0) is 4.79 Å². The van der Waals surface area contributed by atoms with Gasteiger partial charge in [0.1, 0.15) is 0 Å². The highest BCUT2D eigenvalue weighted by molar-refractivity contribution is 5.81. The van der Waals surface area contributed by atoms with E-state index in [9.17, 15) is 4.79 Å². The van der Waals surface area contributed by atoms with Crippen LogP contribution in [0.1, 0.15) is 32.6 Å². The summed E-state index contributed by atoms with van der Waals surface area (Å²) in [5.41, 5.74) is 0. The number of amides is 1. The predicted octanol–water partition coefficient (Wildman–Crippen LogP) is 0.655. The van der Waals surface area contributed by atoms with E-state index in [0.717, 1.165) is 38.8 Å². The van der Waals surface area contributed by atoms with Crippen molar-refractivity contribution in [2.75, 3.05) is 13.1 Å². The van der Waals surface area contributed by atoms with Gasteiger partial charge in [-0.2, -0.15) is 0 Å². The van der Waals surface area contributed by atoms with Crippen molar-refractivity contribution in [2.45, 2.75) is 38.6 Å². The Balaban J connectivity index is 2.10. The topological polar surface area (TPSA) is 41.1 Å². The lowest BCUT2D eigenvalue weighted by Gasteiger charge is -2.09. The summed E-state index contributed by atoms with van der Waals surface area (Å²) in [6, 6.07) is 0.0851. The van der Waals surface area contributed by atoms with Crippen LogP contribution in [-0.4, -0.2) is 25.0 Å². The molecule has 0 aromatic heterocycles. The molecule has 0 unspecified atom stereocenters. The molecule has 0 bridgehead atoms. The standard InChI is InChI=1S/C9H18N2O/c1-2-3-6-11-9(12)8-5-4-7-10-8/h8,10H,2-7H2,1H3,(H,11,12)/t8-/m1/s1. The Morgan fingerprint density at radius 2 is 2.50 bits per heavy atom. The molecule has 3 nitrogen and oxygen atoms in total. The van der Waals surface area contributed by atoms with Crippen LogP contribution in [0, 0.1) is 0 Å². The Kier molecular flexibility index (Phi) is 4.08. The first-order chi connectivity index (χ1) is 5.84. The van der Waals surface area contributed by atoms with E-state index in [0.29, 0.717) is 0 Å². The van der Waals surface area contributed by atoms with Crippen molar-refractivity contribution in [3.05, 3.63) is 0 Å². The van der Waals surface area contributed by atoms with Crippen LogP contribution in [0.5, 0.6) is 0 Å². The highest BCUT2D eigenvalue weighted by Crippen LogP contribution is 2.04. The minimum Gasteiger partial charge on any atom is -0.355 e. The third-order valence-corrected chi connectivity index (χ3v) is 2.21. The molecule has 1 saturated heterocycles. The molecule has 1 rings (SSSR count). The second-order valence-corrected chi connectivity index (χ2v) is 3.29. The lowest BCUT2D eigenvalue weighted by atomic mass is 10.2. The van der Waals surface area contributed by atoms with E-state index in [1.54, 1.807) is 0 Å². The molecule has 1 heterocycles. The van der Waals surface area contributed by atoms with Gasteiger partial charge in [-0.1, -0.05) is 13.3 Å². The van der Waals surface area contributed by atoms with E-state index < -0.39 is 0 Å². The first-order valence-corrected chi connectivity index (χ1v) is 4.85. The summed E-state index contributed by atoms with van der Waals surface area (Å²) in [5, 5.41) is 6.10. The summed E-state index contributed by atoms with van der Waals surface area (Å²) >= 11 is 0. The molecule has 1 aliphatic heterocycles. The fraction of sp³-hybridized carbons (Fsp3) is 0.889. The van der Waals surface area contributed by atoms with Crippen LogP contribution >= 0.6 is 0 Å². The fourth-order valence-electron chi connectivity index (χ4n) is 1.42. The summed E-state index contributed by atoms with van der Waals surface area (Å²) in [4.78, 5) is 11.3. The lowest BCUT2D eigenvalue weighted by molar-refractivity contribution is -0.122. The van der Waals surface area contributed by atoms with Gasteiger partial charge in [0.25, 0.3) is 0 Å². The highest BCUT2D eigenvalue weighted by Gasteiger charge is 2.20. The van der Waals surface area contributed by atoms with Crippen molar-refractivity contribution >= 4 is 5.91 Å². The third-order valence-electron chi connectivity index (χ3n) is 2.21. The molecule has 1 amide bonds. The second-order valence-electron chi connectivity index (χ2n) is 3.29. The van der Waals surface area contributed by atoms with Crippen molar-refractivity contribution < 1.29 is 4.79 Å². The van der Waals surface area contributed by atoms with E-state index in [1.165, 1.54) is 0 Å². The van der Waals surface area contributed by atoms with Gasteiger partial charge < -0.3 is 10.6 Å². The minimum absolute atomic E-state index is 0.0851. The van der Waals surface area contributed by atoms with Gasteiger partial charge in [-0.05, 0) is 25.8 Å². The Morgan fingerprint density at radius 1 is 1.67 bits per heavy atom. The van der Waals surface area contributed by atoms with Gasteiger partial charge in [0, 0.05) is 6.54 Å². The van der Waals surface area contributed by atoms with Crippen molar-refractivity contribution in [1.29, 1.82) is 0 Å². The third kappa shape index (κ3) is 2.81. The first-order valence-electron chi connectivity index (χ1n) is 4.85. The SMILES string of the molecule is CCCCNC(=O)[C@H]1CCCN1. The van der Waals surface area contributed by atoms with E-state index in [2.05, 4.69) is 17.6 Å². The molecular formula is C9H18N2O. The molecule has 3 heteroatoms. The van der Waals surface area contributed by atoms with Crippen molar-refractivity contribution in [3.63, 3.8) is 0 Å². The summed E-state index contributed by atoms with van der Waals surface area (Å²) < 4.78 is 0. The molecule has 70 valence electrons. The molecule has 0 radical (unpaired) electrons. The molecule has 1 fully saturated rings. The first kappa shape index (κ1) is 9.52. The van der Waals surface area contributed by atoms with Gasteiger partial charge in [0.2, 0.25) is 5.91 Å². The zero-order valence-electron chi connectivity index (χ0n) is 7.73. The number of hydrogen-bond acceptors (Lipinski definition) is 2. The van der Waals surface area contributed by atoms with Gasteiger partial charge in [-0.25, -0.2) is 0 Å². The number of carbonyl (C=O) groups is 1. The van der Waals surface area contributed by atoms with Gasteiger partial charge in [-0.3, -0.25) is 4.79 Å². The van der Waals surface area contributed by atoms with Crippen LogP contribution < -0.4 is 10.6 Å². The largest absolute Gasteiger partial charge is 0.355 e. The molecule has 2 N–H and O–H groups in total. The number of rotatable bonds is 4. The average molecular weight is 170 g/mol. The van der Waals surface area contributed by atoms with Crippen molar-refractivity contribution in [2.24, 2.45) is 0 Å². The summed E-state index contributed by atoms with van der Waals surface area (Å²) in [6.45, 7) is 3.94. The maximum Gasteiger partial charge on any atom is 0.237 e. The Labute approximate surface area is 73.9 Å².